The van der Waals surface area contributed by atoms with E-state index >= 15 is 0 Å². The number of hydrogen-bond acceptors (Lipinski definition) is 4. The molecule has 0 saturated carbocycles. The van der Waals surface area contributed by atoms with Crippen molar-refractivity contribution in [3.05, 3.63) is 0 Å². The van der Waals surface area contributed by atoms with Gasteiger partial charge in [-0.15, -0.1) is 24.8 Å². The highest BCUT2D eigenvalue weighted by Gasteiger charge is 2.13. The van der Waals surface area contributed by atoms with Crippen molar-refractivity contribution in [1.82, 2.24) is 10.2 Å². The number of ether oxygens (including phenoxy) is 1. The smallest absolute Gasteiger partial charge is 0.320 e. The van der Waals surface area contributed by atoms with Gasteiger partial charge in [-0.25, -0.2) is 0 Å². The second-order valence-electron chi connectivity index (χ2n) is 2.83. The predicted molar refractivity (Wildman–Crippen MR) is 60.4 cm³/mol. The second-order valence-corrected chi connectivity index (χ2v) is 2.83. The van der Waals surface area contributed by atoms with E-state index in [1.165, 1.54) is 0 Å². The van der Waals surface area contributed by atoms with Crippen molar-refractivity contribution in [3.63, 3.8) is 0 Å². The second kappa shape index (κ2) is 9.52. The fraction of sp³-hybridized carbons (Fsp3) is 0.875. The third-order valence-corrected chi connectivity index (χ3v) is 1.87. The number of hydrogen-bond donors (Lipinski definition) is 1. The van der Waals surface area contributed by atoms with Crippen LogP contribution in [0.2, 0.25) is 0 Å². The molecule has 0 aromatic heterocycles. The van der Waals surface area contributed by atoms with Gasteiger partial charge >= 0.3 is 5.97 Å². The standard InChI is InChI=1S/C8H16N2O2.2ClH/c1-2-12-8(11)7-10-5-3-9-4-6-10;;/h9H,2-7H2,1H3;2*1H. The van der Waals surface area contributed by atoms with E-state index < -0.39 is 0 Å². The van der Waals surface area contributed by atoms with Crippen molar-refractivity contribution >= 4 is 30.8 Å². The molecule has 1 fully saturated rings. The molecular formula is C8H18Cl2N2O2. The summed E-state index contributed by atoms with van der Waals surface area (Å²) in [5, 5.41) is 3.23. The number of carbonyl (C=O) groups excluding carboxylic acids is 1. The minimum absolute atomic E-state index is 0. The lowest BCUT2D eigenvalue weighted by molar-refractivity contribution is -0.144. The number of carbonyl (C=O) groups is 1. The summed E-state index contributed by atoms with van der Waals surface area (Å²) in [6.45, 7) is 6.58. The summed E-state index contributed by atoms with van der Waals surface area (Å²) in [5.74, 6) is -0.112. The summed E-state index contributed by atoms with van der Waals surface area (Å²) in [7, 11) is 0. The van der Waals surface area contributed by atoms with E-state index in [4.69, 9.17) is 4.74 Å². The largest absolute Gasteiger partial charge is 0.465 e. The molecule has 0 bridgehead atoms. The van der Waals surface area contributed by atoms with Crippen LogP contribution >= 0.6 is 24.8 Å². The van der Waals surface area contributed by atoms with Crippen LogP contribution < -0.4 is 5.32 Å². The minimum atomic E-state index is -0.112. The normalized spacial score (nSPS) is 16.4. The van der Waals surface area contributed by atoms with Crippen LogP contribution in [0.15, 0.2) is 0 Å². The monoisotopic (exact) mass is 244 g/mol. The van der Waals surface area contributed by atoms with Crippen molar-refractivity contribution in [3.8, 4) is 0 Å². The predicted octanol–water partition coefficient (Wildman–Crippen LogP) is 0.298. The zero-order valence-corrected chi connectivity index (χ0v) is 9.96. The molecule has 1 aliphatic heterocycles. The van der Waals surface area contributed by atoms with Crippen LogP contribution in [-0.4, -0.2) is 50.2 Å². The summed E-state index contributed by atoms with van der Waals surface area (Å²) < 4.78 is 4.84. The highest BCUT2D eigenvalue weighted by Crippen LogP contribution is 1.92. The van der Waals surface area contributed by atoms with Gasteiger partial charge in [0.15, 0.2) is 0 Å². The molecule has 1 heterocycles. The summed E-state index contributed by atoms with van der Waals surface area (Å²) in [6, 6.07) is 0. The first kappa shape index (κ1) is 16.4. The maximum absolute atomic E-state index is 11.0. The van der Waals surface area contributed by atoms with Gasteiger partial charge in [0.05, 0.1) is 13.2 Å². The average Bonchev–Trinajstić information content (AvgIpc) is 2.06. The molecule has 0 spiro atoms. The maximum atomic E-state index is 11.0. The van der Waals surface area contributed by atoms with E-state index in [2.05, 4.69) is 10.2 Å². The van der Waals surface area contributed by atoms with Crippen LogP contribution in [0.25, 0.3) is 0 Å². The van der Waals surface area contributed by atoms with Crippen LogP contribution in [-0.2, 0) is 9.53 Å². The Morgan fingerprint density at radius 2 is 1.93 bits per heavy atom. The van der Waals surface area contributed by atoms with E-state index in [1.54, 1.807) is 0 Å². The van der Waals surface area contributed by atoms with Crippen LogP contribution in [0.3, 0.4) is 0 Å². The molecule has 86 valence electrons. The van der Waals surface area contributed by atoms with Crippen LogP contribution in [0.1, 0.15) is 6.92 Å². The first-order valence-corrected chi connectivity index (χ1v) is 4.41. The Kier molecular flexibility index (Phi) is 11.2. The highest BCUT2D eigenvalue weighted by molar-refractivity contribution is 5.85. The van der Waals surface area contributed by atoms with Crippen LogP contribution in [0.4, 0.5) is 0 Å². The number of rotatable bonds is 3. The fourth-order valence-electron chi connectivity index (χ4n) is 1.26. The van der Waals surface area contributed by atoms with Crippen molar-refractivity contribution in [2.24, 2.45) is 0 Å². The highest BCUT2D eigenvalue weighted by atomic mass is 35.5. The van der Waals surface area contributed by atoms with E-state index in [-0.39, 0.29) is 30.8 Å². The van der Waals surface area contributed by atoms with Crippen LogP contribution in [0.5, 0.6) is 0 Å². The molecule has 6 heteroatoms. The Balaban J connectivity index is 0. The van der Waals surface area contributed by atoms with Gasteiger partial charge < -0.3 is 10.1 Å². The van der Waals surface area contributed by atoms with Gasteiger partial charge in [-0.1, -0.05) is 0 Å². The zero-order chi connectivity index (χ0) is 8.81. The van der Waals surface area contributed by atoms with E-state index in [0.717, 1.165) is 26.2 Å². The SMILES string of the molecule is CCOC(=O)CN1CCNCC1.Cl.Cl. The molecular weight excluding hydrogens is 227 g/mol. The zero-order valence-electron chi connectivity index (χ0n) is 8.32. The van der Waals surface area contributed by atoms with Gasteiger partial charge in [-0.3, -0.25) is 9.69 Å². The molecule has 14 heavy (non-hydrogen) atoms. The van der Waals surface area contributed by atoms with Gasteiger partial charge in [0.2, 0.25) is 0 Å². The Morgan fingerprint density at radius 1 is 1.36 bits per heavy atom. The molecule has 1 aliphatic rings. The topological polar surface area (TPSA) is 41.6 Å². The number of piperazine rings is 1. The number of halogens is 2. The average molecular weight is 245 g/mol. The molecule has 4 nitrogen and oxygen atoms in total. The Hall–Kier alpha value is -0.0300. The number of nitrogens with one attached hydrogen (secondary N) is 1. The number of nitrogens with zero attached hydrogens (tertiary/aromatic N) is 1. The van der Waals surface area contributed by atoms with E-state index in [0.29, 0.717) is 13.2 Å². The first-order chi connectivity index (χ1) is 5.83. The first-order valence-electron chi connectivity index (χ1n) is 4.41. The van der Waals surface area contributed by atoms with Crippen LogP contribution in [0, 0.1) is 0 Å². The molecule has 0 aromatic rings. The lowest BCUT2D eigenvalue weighted by Gasteiger charge is -2.25. The maximum Gasteiger partial charge on any atom is 0.320 e. The van der Waals surface area contributed by atoms with Gasteiger partial charge in [0.1, 0.15) is 0 Å². The van der Waals surface area contributed by atoms with Gasteiger partial charge in [0.25, 0.3) is 0 Å². The lowest BCUT2D eigenvalue weighted by atomic mass is 10.3. The quantitative estimate of drug-likeness (QED) is 0.726. The summed E-state index contributed by atoms with van der Waals surface area (Å²) in [6.07, 6.45) is 0. The Bertz CT molecular complexity index is 152. The fourth-order valence-corrected chi connectivity index (χ4v) is 1.26. The molecule has 1 saturated heterocycles. The van der Waals surface area contributed by atoms with Crippen molar-refractivity contribution in [2.45, 2.75) is 6.92 Å². The van der Waals surface area contributed by atoms with Crippen molar-refractivity contribution < 1.29 is 9.53 Å². The molecule has 0 aromatic carbocycles. The lowest BCUT2D eigenvalue weighted by Crippen LogP contribution is -2.45. The molecule has 0 radical (unpaired) electrons. The summed E-state index contributed by atoms with van der Waals surface area (Å²) in [4.78, 5) is 13.1. The molecule has 1 rings (SSSR count). The molecule has 1 N–H and O–H groups in total. The molecule has 0 unspecified atom stereocenters. The van der Waals surface area contributed by atoms with Crippen molar-refractivity contribution in [2.75, 3.05) is 39.3 Å². The van der Waals surface area contributed by atoms with Gasteiger partial charge in [-0.2, -0.15) is 0 Å². The molecule has 0 atom stereocenters. The Labute approximate surface area is 97.2 Å². The molecule has 0 amide bonds. The van der Waals surface area contributed by atoms with Gasteiger partial charge in [0, 0.05) is 26.2 Å². The summed E-state index contributed by atoms with van der Waals surface area (Å²) >= 11 is 0. The van der Waals surface area contributed by atoms with E-state index in [1.807, 2.05) is 6.92 Å². The minimum Gasteiger partial charge on any atom is -0.465 e. The van der Waals surface area contributed by atoms with Gasteiger partial charge in [-0.05, 0) is 6.92 Å². The third kappa shape index (κ3) is 6.43. The Morgan fingerprint density at radius 3 is 2.43 bits per heavy atom. The summed E-state index contributed by atoms with van der Waals surface area (Å²) in [5.41, 5.74) is 0. The van der Waals surface area contributed by atoms with E-state index in [9.17, 15) is 4.79 Å². The molecule has 0 aliphatic carbocycles. The van der Waals surface area contributed by atoms with Crippen molar-refractivity contribution in [1.29, 1.82) is 0 Å². The third-order valence-electron chi connectivity index (χ3n) is 1.87. The number of esters is 1.